The Balaban J connectivity index is 2.12. The average molecular weight is 289 g/mol. The maximum Gasteiger partial charge on any atom is 0.358 e. The number of hydrogen-bond donors (Lipinski definition) is 1. The summed E-state index contributed by atoms with van der Waals surface area (Å²) >= 11 is 0. The number of benzene rings is 1. The Morgan fingerprint density at radius 1 is 1.19 bits per heavy atom. The lowest BCUT2D eigenvalue weighted by Gasteiger charge is -2.21. The molecule has 6 heteroatoms. The minimum atomic E-state index is -1.12. The lowest BCUT2D eigenvalue weighted by Crippen LogP contribution is -2.15. The Hall–Kier alpha value is -2.50. The molecule has 0 aliphatic carbocycles. The Morgan fingerprint density at radius 3 is 2.43 bits per heavy atom. The summed E-state index contributed by atoms with van der Waals surface area (Å²) in [4.78, 5) is 10.9. The Labute approximate surface area is 121 Å². The summed E-state index contributed by atoms with van der Waals surface area (Å²) in [7, 11) is 0. The SMILES string of the molecule is CC(C)c1cc2c(cc1-c1cc(C(=O)O)no1)OCCO2. The van der Waals surface area contributed by atoms with E-state index in [1.54, 1.807) is 0 Å². The first-order valence-corrected chi connectivity index (χ1v) is 6.70. The van der Waals surface area contributed by atoms with Gasteiger partial charge in [-0.3, -0.25) is 0 Å². The van der Waals surface area contributed by atoms with E-state index in [1.165, 1.54) is 6.07 Å². The molecule has 110 valence electrons. The first-order chi connectivity index (χ1) is 10.1. The van der Waals surface area contributed by atoms with Crippen LogP contribution in [0.1, 0.15) is 35.8 Å². The van der Waals surface area contributed by atoms with Gasteiger partial charge in [-0.1, -0.05) is 19.0 Å². The van der Waals surface area contributed by atoms with Crippen molar-refractivity contribution in [2.45, 2.75) is 19.8 Å². The van der Waals surface area contributed by atoms with Crippen molar-refractivity contribution in [2.24, 2.45) is 0 Å². The topological polar surface area (TPSA) is 81.8 Å². The zero-order valence-corrected chi connectivity index (χ0v) is 11.8. The van der Waals surface area contributed by atoms with Gasteiger partial charge in [0.15, 0.2) is 23.0 Å². The zero-order valence-electron chi connectivity index (χ0n) is 11.8. The molecule has 0 spiro atoms. The maximum absolute atomic E-state index is 10.9. The van der Waals surface area contributed by atoms with E-state index in [2.05, 4.69) is 5.16 Å². The Morgan fingerprint density at radius 2 is 1.86 bits per heavy atom. The molecule has 6 nitrogen and oxygen atoms in total. The molecule has 2 aromatic rings. The molecule has 1 N–H and O–H groups in total. The number of hydrogen-bond acceptors (Lipinski definition) is 5. The summed E-state index contributed by atoms with van der Waals surface area (Å²) in [5.41, 5.74) is 1.65. The van der Waals surface area contributed by atoms with Crippen molar-refractivity contribution in [1.29, 1.82) is 0 Å². The molecule has 0 saturated carbocycles. The van der Waals surface area contributed by atoms with Crippen LogP contribution in [0, 0.1) is 0 Å². The molecule has 0 bridgehead atoms. The molecule has 0 unspecified atom stereocenters. The summed E-state index contributed by atoms with van der Waals surface area (Å²) < 4.78 is 16.3. The lowest BCUT2D eigenvalue weighted by atomic mass is 9.94. The number of rotatable bonds is 3. The second-order valence-corrected chi connectivity index (χ2v) is 5.12. The number of aromatic nitrogens is 1. The third-order valence-electron chi connectivity index (χ3n) is 3.33. The highest BCUT2D eigenvalue weighted by Gasteiger charge is 2.21. The van der Waals surface area contributed by atoms with Gasteiger partial charge in [-0.25, -0.2) is 4.79 Å². The van der Waals surface area contributed by atoms with Crippen molar-refractivity contribution in [3.05, 3.63) is 29.5 Å². The van der Waals surface area contributed by atoms with E-state index in [4.69, 9.17) is 19.1 Å². The van der Waals surface area contributed by atoms with E-state index < -0.39 is 5.97 Å². The van der Waals surface area contributed by atoms with Crippen LogP contribution in [0.15, 0.2) is 22.7 Å². The molecule has 0 saturated heterocycles. The number of carboxylic acids is 1. The van der Waals surface area contributed by atoms with E-state index in [0.717, 1.165) is 11.1 Å². The number of carbonyl (C=O) groups is 1. The molecule has 3 rings (SSSR count). The minimum Gasteiger partial charge on any atom is -0.486 e. The molecule has 0 radical (unpaired) electrons. The second kappa shape index (κ2) is 5.12. The van der Waals surface area contributed by atoms with Crippen LogP contribution in [-0.2, 0) is 0 Å². The van der Waals surface area contributed by atoms with Crippen molar-refractivity contribution >= 4 is 5.97 Å². The van der Waals surface area contributed by atoms with Gasteiger partial charge in [0, 0.05) is 11.6 Å². The molecule has 1 aliphatic rings. The molecular formula is C15H15NO5. The van der Waals surface area contributed by atoms with Gasteiger partial charge >= 0.3 is 5.97 Å². The Kier molecular flexibility index (Phi) is 3.29. The van der Waals surface area contributed by atoms with Crippen LogP contribution in [0.25, 0.3) is 11.3 Å². The van der Waals surface area contributed by atoms with Crippen LogP contribution in [-0.4, -0.2) is 29.4 Å². The highest BCUT2D eigenvalue weighted by atomic mass is 16.6. The van der Waals surface area contributed by atoms with Gasteiger partial charge in [0.05, 0.1) is 0 Å². The Bertz CT molecular complexity index is 689. The molecule has 21 heavy (non-hydrogen) atoms. The fourth-order valence-corrected chi connectivity index (χ4v) is 2.30. The van der Waals surface area contributed by atoms with Gasteiger partial charge in [0.1, 0.15) is 13.2 Å². The average Bonchev–Trinajstić information content (AvgIpc) is 2.95. The van der Waals surface area contributed by atoms with Gasteiger partial charge in [-0.2, -0.15) is 0 Å². The summed E-state index contributed by atoms with van der Waals surface area (Å²) in [6.45, 7) is 5.10. The first-order valence-electron chi connectivity index (χ1n) is 6.70. The molecule has 1 aromatic heterocycles. The van der Waals surface area contributed by atoms with E-state index in [9.17, 15) is 4.79 Å². The monoisotopic (exact) mass is 289 g/mol. The summed E-state index contributed by atoms with van der Waals surface area (Å²) in [5, 5.41) is 12.5. The molecule has 0 atom stereocenters. The number of ether oxygens (including phenoxy) is 2. The fraction of sp³-hybridized carbons (Fsp3) is 0.333. The molecule has 0 amide bonds. The molecule has 0 fully saturated rings. The van der Waals surface area contributed by atoms with Crippen molar-refractivity contribution in [3.8, 4) is 22.8 Å². The van der Waals surface area contributed by atoms with E-state index in [0.29, 0.717) is 30.5 Å². The van der Waals surface area contributed by atoms with Crippen LogP contribution >= 0.6 is 0 Å². The third kappa shape index (κ3) is 2.44. The number of nitrogens with zero attached hydrogens (tertiary/aromatic N) is 1. The highest BCUT2D eigenvalue weighted by molar-refractivity contribution is 5.86. The predicted molar refractivity (Wildman–Crippen MR) is 74.0 cm³/mol. The number of aromatic carboxylic acids is 1. The quantitative estimate of drug-likeness (QED) is 0.935. The summed E-state index contributed by atoms with van der Waals surface area (Å²) in [6, 6.07) is 5.15. The van der Waals surface area contributed by atoms with Gasteiger partial charge in [0.2, 0.25) is 0 Å². The number of fused-ring (bicyclic) bond motifs is 1. The van der Waals surface area contributed by atoms with Crippen molar-refractivity contribution < 1.29 is 23.9 Å². The largest absolute Gasteiger partial charge is 0.486 e. The predicted octanol–water partition coefficient (Wildman–Crippen LogP) is 2.93. The fourth-order valence-electron chi connectivity index (χ4n) is 2.30. The van der Waals surface area contributed by atoms with Gasteiger partial charge in [-0.15, -0.1) is 0 Å². The summed E-state index contributed by atoms with van der Waals surface area (Å²) in [5.74, 6) is 0.844. The number of carboxylic acid groups (broad SMARTS) is 1. The smallest absolute Gasteiger partial charge is 0.358 e. The van der Waals surface area contributed by atoms with Crippen LogP contribution in [0.5, 0.6) is 11.5 Å². The van der Waals surface area contributed by atoms with E-state index in [1.807, 2.05) is 26.0 Å². The van der Waals surface area contributed by atoms with Crippen molar-refractivity contribution in [2.75, 3.05) is 13.2 Å². The normalized spacial score (nSPS) is 13.5. The third-order valence-corrected chi connectivity index (χ3v) is 3.33. The lowest BCUT2D eigenvalue weighted by molar-refractivity contribution is 0.0686. The zero-order chi connectivity index (χ0) is 15.0. The second-order valence-electron chi connectivity index (χ2n) is 5.12. The minimum absolute atomic E-state index is 0.116. The van der Waals surface area contributed by atoms with E-state index in [-0.39, 0.29) is 11.6 Å². The van der Waals surface area contributed by atoms with E-state index >= 15 is 0 Å². The standard InChI is InChI=1S/C15H15NO5/c1-8(2)9-5-13-14(20-4-3-19-13)6-10(9)12-7-11(15(17)18)16-21-12/h5-8H,3-4H2,1-2H3,(H,17,18). The van der Waals surface area contributed by atoms with Crippen LogP contribution in [0.4, 0.5) is 0 Å². The van der Waals surface area contributed by atoms with Crippen molar-refractivity contribution in [3.63, 3.8) is 0 Å². The van der Waals surface area contributed by atoms with Crippen molar-refractivity contribution in [1.82, 2.24) is 5.16 Å². The molecular weight excluding hydrogens is 274 g/mol. The van der Waals surface area contributed by atoms with Gasteiger partial charge in [-0.05, 0) is 23.6 Å². The van der Waals surface area contributed by atoms with Crippen LogP contribution < -0.4 is 9.47 Å². The van der Waals surface area contributed by atoms with Gasteiger partial charge < -0.3 is 19.1 Å². The maximum atomic E-state index is 10.9. The molecule has 1 aromatic carbocycles. The first kappa shape index (κ1) is 13.5. The van der Waals surface area contributed by atoms with Crippen LogP contribution in [0.2, 0.25) is 0 Å². The van der Waals surface area contributed by atoms with Crippen LogP contribution in [0.3, 0.4) is 0 Å². The summed E-state index contributed by atoms with van der Waals surface area (Å²) in [6.07, 6.45) is 0. The highest BCUT2D eigenvalue weighted by Crippen LogP contribution is 2.40. The molecule has 2 heterocycles. The molecule has 1 aliphatic heterocycles. The van der Waals surface area contributed by atoms with Gasteiger partial charge in [0.25, 0.3) is 0 Å².